The largest absolute Gasteiger partial charge is 0.310 e. The van der Waals surface area contributed by atoms with Crippen molar-refractivity contribution in [2.24, 2.45) is 0 Å². The highest BCUT2D eigenvalue weighted by atomic mass is 32.1. The number of hydrogen-bond donors (Lipinski definition) is 1. The van der Waals surface area contributed by atoms with Crippen LogP contribution in [0.3, 0.4) is 0 Å². The quantitative estimate of drug-likeness (QED) is 0.134. The van der Waals surface area contributed by atoms with Gasteiger partial charge in [-0.05, 0) is 158 Å². The Morgan fingerprint density at radius 1 is 0.447 bits per heavy atom. The van der Waals surface area contributed by atoms with Gasteiger partial charge < -0.3 is 9.80 Å². The van der Waals surface area contributed by atoms with Crippen LogP contribution in [-0.4, -0.2) is 0 Å². The second-order valence-electron chi connectivity index (χ2n) is 12.1. The van der Waals surface area contributed by atoms with Gasteiger partial charge in [-0.2, -0.15) is 5.26 Å². The third-order valence-electron chi connectivity index (χ3n) is 8.06. The van der Waals surface area contributed by atoms with Crippen LogP contribution < -0.4 is 9.80 Å². The summed E-state index contributed by atoms with van der Waals surface area (Å²) in [7, 11) is 0. The van der Waals surface area contributed by atoms with E-state index in [4.69, 9.17) is 0 Å². The van der Waals surface area contributed by atoms with Crippen LogP contribution >= 0.6 is 12.6 Å². The predicted octanol–water partition coefficient (Wildman–Crippen LogP) is 12.2. The van der Waals surface area contributed by atoms with E-state index in [2.05, 4.69) is 165 Å². The van der Waals surface area contributed by atoms with Crippen LogP contribution in [0.2, 0.25) is 0 Å². The summed E-state index contributed by atoms with van der Waals surface area (Å²) in [6, 6.07) is 48.7. The summed E-state index contributed by atoms with van der Waals surface area (Å²) in [4.78, 5) is 5.46. The summed E-state index contributed by atoms with van der Waals surface area (Å²) in [5.74, 6) is 0. The van der Waals surface area contributed by atoms with Gasteiger partial charge in [-0.1, -0.05) is 48.6 Å². The number of nitrogens with zero attached hydrogens (tertiary/aromatic N) is 3. The second-order valence-corrected chi connectivity index (χ2v) is 12.6. The number of rotatable bonds is 8. The van der Waals surface area contributed by atoms with Crippen LogP contribution in [0, 0.1) is 39.0 Å². The van der Waals surface area contributed by atoms with Crippen molar-refractivity contribution in [3.63, 3.8) is 0 Å². The number of hydrogen-bond acceptors (Lipinski definition) is 4. The lowest BCUT2D eigenvalue weighted by molar-refractivity contribution is 1.24. The van der Waals surface area contributed by atoms with E-state index in [0.29, 0.717) is 5.56 Å². The minimum Gasteiger partial charge on any atom is -0.310 e. The zero-order valence-corrected chi connectivity index (χ0v) is 28.0. The Bertz CT molecular complexity index is 2030. The molecule has 0 saturated carbocycles. The molecule has 0 aliphatic carbocycles. The zero-order valence-electron chi connectivity index (χ0n) is 27.1. The van der Waals surface area contributed by atoms with Crippen molar-refractivity contribution in [1.29, 1.82) is 5.26 Å². The first-order valence-electron chi connectivity index (χ1n) is 15.7. The average molecular weight is 628 g/mol. The van der Waals surface area contributed by atoms with Gasteiger partial charge >= 0.3 is 0 Å². The van der Waals surface area contributed by atoms with Crippen LogP contribution in [-0.2, 0) is 0 Å². The van der Waals surface area contributed by atoms with Gasteiger partial charge in [-0.25, -0.2) is 0 Å². The molecule has 0 heterocycles. The maximum Gasteiger partial charge on any atom is 0.0991 e. The molecule has 0 aliphatic rings. The monoisotopic (exact) mass is 627 g/mol. The molecular formula is C43H37N3S. The van der Waals surface area contributed by atoms with Gasteiger partial charge in [0.25, 0.3) is 0 Å². The fourth-order valence-corrected chi connectivity index (χ4v) is 6.15. The van der Waals surface area contributed by atoms with Crippen molar-refractivity contribution in [2.45, 2.75) is 32.6 Å². The molecule has 0 aromatic heterocycles. The van der Waals surface area contributed by atoms with E-state index in [1.165, 1.54) is 22.3 Å². The molecule has 0 fully saturated rings. The molecule has 3 nitrogen and oxygen atoms in total. The van der Waals surface area contributed by atoms with E-state index in [9.17, 15) is 5.26 Å². The van der Waals surface area contributed by atoms with Crippen LogP contribution in [0.15, 0.2) is 138 Å². The Morgan fingerprint density at radius 2 is 0.766 bits per heavy atom. The molecule has 0 aliphatic heterocycles. The van der Waals surface area contributed by atoms with E-state index in [0.717, 1.165) is 50.1 Å². The third-order valence-corrected chi connectivity index (χ3v) is 8.36. The summed E-state index contributed by atoms with van der Waals surface area (Å²) < 4.78 is 0. The molecule has 230 valence electrons. The van der Waals surface area contributed by atoms with Gasteiger partial charge in [0.15, 0.2) is 0 Å². The summed E-state index contributed by atoms with van der Waals surface area (Å²) in [5, 5.41) is 9.32. The standard InChI is InChI=1S/C43H37N3S/c1-30-23-31(2)26-41(25-30)45(39-17-11-36(29-44)12-18-39)37-13-7-34(8-14-37)5-6-35-9-15-38(16-10-35)46(40-19-21-43(47)22-20-40)42-27-32(3)24-33(4)28-42/h5-28,47H,1-4H3/b6-5+. The maximum atomic E-state index is 9.32. The zero-order chi connectivity index (χ0) is 32.9. The summed E-state index contributed by atoms with van der Waals surface area (Å²) in [6.07, 6.45) is 4.30. The SMILES string of the molecule is Cc1cc(C)cc(N(c2ccc(S)cc2)c2ccc(/C=C/c3ccc(N(c4ccc(C#N)cc4)c4cc(C)cc(C)c4)cc3)cc2)c1. The molecule has 4 heteroatoms. The molecule has 0 saturated heterocycles. The van der Waals surface area contributed by atoms with Crippen molar-refractivity contribution < 1.29 is 0 Å². The first-order chi connectivity index (χ1) is 22.7. The van der Waals surface area contributed by atoms with E-state index in [-0.39, 0.29) is 0 Å². The lowest BCUT2D eigenvalue weighted by Crippen LogP contribution is -2.10. The Hall–Kier alpha value is -5.50. The van der Waals surface area contributed by atoms with Crippen LogP contribution in [0.5, 0.6) is 0 Å². The molecule has 0 atom stereocenters. The van der Waals surface area contributed by atoms with Crippen molar-refractivity contribution in [3.8, 4) is 6.07 Å². The number of benzene rings is 6. The lowest BCUT2D eigenvalue weighted by atomic mass is 10.1. The van der Waals surface area contributed by atoms with Crippen molar-refractivity contribution >= 4 is 58.9 Å². The van der Waals surface area contributed by atoms with Gasteiger partial charge in [0.05, 0.1) is 11.6 Å². The van der Waals surface area contributed by atoms with Crippen molar-refractivity contribution in [1.82, 2.24) is 0 Å². The fourth-order valence-electron chi connectivity index (χ4n) is 6.00. The predicted molar refractivity (Wildman–Crippen MR) is 202 cm³/mol. The summed E-state index contributed by atoms with van der Waals surface area (Å²) in [6.45, 7) is 8.52. The highest BCUT2D eigenvalue weighted by Gasteiger charge is 2.15. The molecule has 0 unspecified atom stereocenters. The molecule has 47 heavy (non-hydrogen) atoms. The fraction of sp³-hybridized carbons (Fsp3) is 0.0930. The molecule has 6 aromatic rings. The van der Waals surface area contributed by atoms with Crippen molar-refractivity contribution in [3.05, 3.63) is 172 Å². The van der Waals surface area contributed by atoms with Crippen molar-refractivity contribution in [2.75, 3.05) is 9.80 Å². The van der Waals surface area contributed by atoms with Gasteiger partial charge in [-0.15, -0.1) is 12.6 Å². The van der Waals surface area contributed by atoms with Crippen LogP contribution in [0.4, 0.5) is 34.1 Å². The Morgan fingerprint density at radius 3 is 1.11 bits per heavy atom. The third kappa shape index (κ3) is 7.49. The highest BCUT2D eigenvalue weighted by Crippen LogP contribution is 2.37. The molecule has 6 rings (SSSR count). The maximum absolute atomic E-state index is 9.32. The topological polar surface area (TPSA) is 30.3 Å². The summed E-state index contributed by atoms with van der Waals surface area (Å²) >= 11 is 4.50. The molecule has 0 N–H and O–H groups in total. The number of nitriles is 1. The second kappa shape index (κ2) is 13.9. The first kappa shape index (κ1) is 31.5. The van der Waals surface area contributed by atoms with E-state index < -0.39 is 0 Å². The van der Waals surface area contributed by atoms with Gasteiger partial charge in [0.2, 0.25) is 0 Å². The summed E-state index contributed by atoms with van der Waals surface area (Å²) in [5.41, 5.74) is 14.2. The molecule has 0 radical (unpaired) electrons. The number of anilines is 6. The molecule has 6 aromatic carbocycles. The van der Waals surface area contributed by atoms with E-state index in [1.54, 1.807) is 0 Å². The lowest BCUT2D eigenvalue weighted by Gasteiger charge is -2.26. The Labute approximate surface area is 284 Å². The molecular weight excluding hydrogens is 591 g/mol. The average Bonchev–Trinajstić information content (AvgIpc) is 3.06. The minimum atomic E-state index is 0.646. The Kier molecular flexibility index (Phi) is 9.29. The van der Waals surface area contributed by atoms with Crippen LogP contribution in [0.1, 0.15) is 38.9 Å². The molecule has 0 amide bonds. The van der Waals surface area contributed by atoms with E-state index >= 15 is 0 Å². The van der Waals surface area contributed by atoms with E-state index in [1.807, 2.05) is 36.4 Å². The van der Waals surface area contributed by atoms with Gasteiger partial charge in [0, 0.05) is 39.0 Å². The van der Waals surface area contributed by atoms with Gasteiger partial charge in [-0.3, -0.25) is 0 Å². The Balaban J connectivity index is 1.26. The van der Waals surface area contributed by atoms with Crippen LogP contribution in [0.25, 0.3) is 12.2 Å². The number of thiol groups is 1. The number of aryl methyl sites for hydroxylation is 4. The van der Waals surface area contributed by atoms with Gasteiger partial charge in [0.1, 0.15) is 0 Å². The smallest absolute Gasteiger partial charge is 0.0991 e. The highest BCUT2D eigenvalue weighted by molar-refractivity contribution is 7.80. The minimum absolute atomic E-state index is 0.646. The first-order valence-corrected chi connectivity index (χ1v) is 16.1. The molecule has 0 spiro atoms. The normalized spacial score (nSPS) is 11.0. The molecule has 0 bridgehead atoms.